The van der Waals surface area contributed by atoms with Gasteiger partial charge in [0.15, 0.2) is 6.10 Å². The van der Waals surface area contributed by atoms with Gasteiger partial charge in [0, 0.05) is 43.3 Å². The van der Waals surface area contributed by atoms with Crippen LogP contribution in [-0.4, -0.2) is 66.7 Å². The van der Waals surface area contributed by atoms with Gasteiger partial charge in [0.25, 0.3) is 5.91 Å². The number of benzene rings is 2. The number of nitrogens with zero attached hydrogens (tertiary/aromatic N) is 2. The smallest absolute Gasteiger partial charge is 0.265 e. The van der Waals surface area contributed by atoms with Crippen LogP contribution in [0, 0.1) is 0 Å². The minimum Gasteiger partial charge on any atom is -0.479 e. The summed E-state index contributed by atoms with van der Waals surface area (Å²) in [6, 6.07) is 12.3. The van der Waals surface area contributed by atoms with Crippen molar-refractivity contribution in [1.82, 2.24) is 14.2 Å². The highest BCUT2D eigenvalue weighted by Crippen LogP contribution is 2.33. The Balaban J connectivity index is 1.25. The maximum absolute atomic E-state index is 13.2. The van der Waals surface area contributed by atoms with Crippen molar-refractivity contribution >= 4 is 38.4 Å². The number of carbonyl (C=O) groups is 2. The highest BCUT2D eigenvalue weighted by atomic mass is 32.2. The summed E-state index contributed by atoms with van der Waals surface area (Å²) in [5, 5.41) is 3.70. The summed E-state index contributed by atoms with van der Waals surface area (Å²) in [4.78, 5) is 29.7. The van der Waals surface area contributed by atoms with Crippen molar-refractivity contribution < 1.29 is 22.7 Å². The second-order valence-corrected chi connectivity index (χ2v) is 10.2. The molecule has 0 aliphatic carbocycles. The number of ether oxygens (including phenoxy) is 1. The van der Waals surface area contributed by atoms with E-state index in [1.807, 2.05) is 30.5 Å². The van der Waals surface area contributed by atoms with E-state index in [9.17, 15) is 18.0 Å². The number of para-hydroxylation sites is 1. The fourth-order valence-corrected chi connectivity index (χ4v) is 5.68. The van der Waals surface area contributed by atoms with Gasteiger partial charge in [-0.2, -0.15) is 4.31 Å². The average Bonchev–Trinajstić information content (AvgIpc) is 3.22. The lowest BCUT2D eigenvalue weighted by atomic mass is 10.1. The Labute approximate surface area is 191 Å². The maximum Gasteiger partial charge on any atom is 0.265 e. The van der Waals surface area contributed by atoms with E-state index >= 15 is 0 Å². The number of amides is 2. The first kappa shape index (κ1) is 21.5. The zero-order valence-corrected chi connectivity index (χ0v) is 18.9. The molecule has 10 heteroatoms. The topological polar surface area (TPSA) is 112 Å². The van der Waals surface area contributed by atoms with Gasteiger partial charge in [0.2, 0.25) is 15.9 Å². The molecule has 5 rings (SSSR count). The highest BCUT2D eigenvalue weighted by Gasteiger charge is 2.32. The van der Waals surface area contributed by atoms with E-state index in [4.69, 9.17) is 4.74 Å². The number of aromatic amines is 1. The Morgan fingerprint density at radius 1 is 1.12 bits per heavy atom. The molecule has 2 N–H and O–H groups in total. The van der Waals surface area contributed by atoms with Crippen LogP contribution in [-0.2, 0) is 26.0 Å². The number of hydrogen-bond acceptors (Lipinski definition) is 5. The molecule has 0 unspecified atom stereocenters. The summed E-state index contributed by atoms with van der Waals surface area (Å²) in [6.07, 6.45) is 1.48. The third-order valence-electron chi connectivity index (χ3n) is 6.13. The van der Waals surface area contributed by atoms with Gasteiger partial charge < -0.3 is 19.9 Å². The van der Waals surface area contributed by atoms with Gasteiger partial charge in [-0.1, -0.05) is 18.2 Å². The summed E-state index contributed by atoms with van der Waals surface area (Å²) in [5.74, 6) is 0.0904. The molecular weight excluding hydrogens is 444 g/mol. The van der Waals surface area contributed by atoms with Gasteiger partial charge in [-0.3, -0.25) is 9.59 Å². The number of H-pyrrole nitrogens is 1. The molecule has 2 aliphatic rings. The Hall–Kier alpha value is -3.37. The van der Waals surface area contributed by atoms with Crippen LogP contribution in [0.15, 0.2) is 53.6 Å². The molecule has 172 valence electrons. The molecule has 2 aliphatic heterocycles. The average molecular weight is 469 g/mol. The number of aromatic nitrogens is 1. The van der Waals surface area contributed by atoms with E-state index in [0.717, 1.165) is 16.5 Å². The fourth-order valence-electron chi connectivity index (χ4n) is 4.23. The van der Waals surface area contributed by atoms with Gasteiger partial charge in [-0.05, 0) is 36.8 Å². The second kappa shape index (κ2) is 8.20. The fraction of sp³-hybridized carbons (Fsp3) is 0.304. The van der Waals surface area contributed by atoms with Gasteiger partial charge >= 0.3 is 0 Å². The van der Waals surface area contributed by atoms with Crippen LogP contribution in [0.25, 0.3) is 10.9 Å². The highest BCUT2D eigenvalue weighted by molar-refractivity contribution is 7.89. The number of carbonyl (C=O) groups excluding carboxylic acids is 2. The summed E-state index contributed by atoms with van der Waals surface area (Å²) >= 11 is 0. The number of piperazine rings is 1. The standard InChI is InChI=1S/C23H24N4O5S/c1-15-23(29)25-20-13-17(6-7-21(20)32-15)33(30,31)27-10-8-26(9-11-27)22(28)12-16-14-24-19-5-3-2-4-18(16)19/h2-7,13-15,24H,8-12H2,1H3,(H,25,29)/t15-/m0/s1. The molecule has 1 saturated heterocycles. The summed E-state index contributed by atoms with van der Waals surface area (Å²) in [5.41, 5.74) is 2.25. The number of hydrogen-bond donors (Lipinski definition) is 2. The number of rotatable bonds is 4. The molecule has 0 bridgehead atoms. The third kappa shape index (κ3) is 3.96. The molecule has 3 heterocycles. The van der Waals surface area contributed by atoms with Crippen LogP contribution in [0.5, 0.6) is 5.75 Å². The van der Waals surface area contributed by atoms with Crippen molar-refractivity contribution in [3.63, 3.8) is 0 Å². The van der Waals surface area contributed by atoms with Crippen LogP contribution in [0.4, 0.5) is 5.69 Å². The van der Waals surface area contributed by atoms with Crippen molar-refractivity contribution in [2.75, 3.05) is 31.5 Å². The molecule has 3 aromatic rings. The minimum absolute atomic E-state index is 0.0282. The van der Waals surface area contributed by atoms with Crippen LogP contribution < -0.4 is 10.1 Å². The van der Waals surface area contributed by atoms with Gasteiger partial charge in [0.1, 0.15) is 5.75 Å². The van der Waals surface area contributed by atoms with Gasteiger partial charge in [-0.25, -0.2) is 8.42 Å². The largest absolute Gasteiger partial charge is 0.479 e. The van der Waals surface area contributed by atoms with E-state index in [1.165, 1.54) is 16.4 Å². The molecule has 9 nitrogen and oxygen atoms in total. The number of nitrogens with one attached hydrogen (secondary N) is 2. The molecule has 0 radical (unpaired) electrons. The SMILES string of the molecule is C[C@@H]1Oc2ccc(S(=O)(=O)N3CCN(C(=O)Cc4c[nH]c5ccccc45)CC3)cc2NC1=O. The van der Waals surface area contributed by atoms with E-state index < -0.39 is 16.1 Å². The van der Waals surface area contributed by atoms with Crippen LogP contribution >= 0.6 is 0 Å². The summed E-state index contributed by atoms with van der Waals surface area (Å²) < 4.78 is 33.2. The molecule has 2 aromatic carbocycles. The van der Waals surface area contributed by atoms with Crippen molar-refractivity contribution in [3.05, 3.63) is 54.2 Å². The monoisotopic (exact) mass is 468 g/mol. The zero-order chi connectivity index (χ0) is 23.2. The predicted molar refractivity (Wildman–Crippen MR) is 123 cm³/mol. The molecule has 0 saturated carbocycles. The molecule has 1 aromatic heterocycles. The first-order valence-electron chi connectivity index (χ1n) is 10.8. The lowest BCUT2D eigenvalue weighted by Gasteiger charge is -2.34. The molecule has 0 spiro atoms. The maximum atomic E-state index is 13.2. The lowest BCUT2D eigenvalue weighted by molar-refractivity contribution is -0.131. The second-order valence-electron chi connectivity index (χ2n) is 8.23. The van der Waals surface area contributed by atoms with Crippen LogP contribution in [0.1, 0.15) is 12.5 Å². The molecular formula is C23H24N4O5S. The van der Waals surface area contributed by atoms with Crippen molar-refractivity contribution in [2.24, 2.45) is 0 Å². The molecule has 33 heavy (non-hydrogen) atoms. The first-order chi connectivity index (χ1) is 15.8. The first-order valence-corrected chi connectivity index (χ1v) is 12.2. The molecule has 1 atom stereocenters. The van der Waals surface area contributed by atoms with E-state index in [0.29, 0.717) is 24.5 Å². The number of anilines is 1. The molecule has 1 fully saturated rings. The summed E-state index contributed by atoms with van der Waals surface area (Å²) in [6.45, 7) is 2.69. The summed E-state index contributed by atoms with van der Waals surface area (Å²) in [7, 11) is -3.77. The van der Waals surface area contributed by atoms with E-state index in [-0.39, 0.29) is 36.2 Å². The number of sulfonamides is 1. The van der Waals surface area contributed by atoms with Gasteiger partial charge in [-0.15, -0.1) is 0 Å². The quantitative estimate of drug-likeness (QED) is 0.608. The Morgan fingerprint density at radius 3 is 2.67 bits per heavy atom. The van der Waals surface area contributed by atoms with Crippen LogP contribution in [0.3, 0.4) is 0 Å². The molecule has 2 amide bonds. The van der Waals surface area contributed by atoms with Crippen molar-refractivity contribution in [2.45, 2.75) is 24.3 Å². The Bertz CT molecular complexity index is 1340. The number of fused-ring (bicyclic) bond motifs is 2. The van der Waals surface area contributed by atoms with Crippen molar-refractivity contribution in [3.8, 4) is 5.75 Å². The van der Waals surface area contributed by atoms with Gasteiger partial charge in [0.05, 0.1) is 17.0 Å². The normalized spacial score (nSPS) is 19.1. The van der Waals surface area contributed by atoms with Crippen LogP contribution in [0.2, 0.25) is 0 Å². The van der Waals surface area contributed by atoms with E-state index in [1.54, 1.807) is 17.9 Å². The van der Waals surface area contributed by atoms with E-state index in [2.05, 4.69) is 10.3 Å². The zero-order valence-electron chi connectivity index (χ0n) is 18.1. The third-order valence-corrected chi connectivity index (χ3v) is 8.02. The lowest BCUT2D eigenvalue weighted by Crippen LogP contribution is -2.50. The van der Waals surface area contributed by atoms with Crippen molar-refractivity contribution in [1.29, 1.82) is 0 Å². The minimum atomic E-state index is -3.77. The predicted octanol–water partition coefficient (Wildman–Crippen LogP) is 1.96. The Morgan fingerprint density at radius 2 is 1.88 bits per heavy atom. The Kier molecular flexibility index (Phi) is 5.34.